The largest absolute Gasteiger partial charge is 0.300 e. The zero-order chi connectivity index (χ0) is 18.7. The zero-order valence-corrected chi connectivity index (χ0v) is 17.5. The van der Waals surface area contributed by atoms with Crippen molar-refractivity contribution in [2.24, 2.45) is 0 Å². The Labute approximate surface area is 164 Å². The van der Waals surface area contributed by atoms with Crippen molar-refractivity contribution in [3.63, 3.8) is 0 Å². The number of anilines is 1. The van der Waals surface area contributed by atoms with Gasteiger partial charge < -0.3 is 0 Å². The summed E-state index contributed by atoms with van der Waals surface area (Å²) in [6, 6.07) is 2.30. The Morgan fingerprint density at radius 2 is 2.12 bits per heavy atom. The molecule has 0 saturated carbocycles. The number of hydrogen-bond acceptors (Lipinski definition) is 8. The van der Waals surface area contributed by atoms with Gasteiger partial charge in [0, 0.05) is 21.9 Å². The van der Waals surface area contributed by atoms with Crippen LogP contribution in [0.4, 0.5) is 5.13 Å². The minimum absolute atomic E-state index is 0.125. The predicted octanol–water partition coefficient (Wildman–Crippen LogP) is 4.04. The first kappa shape index (κ1) is 19.0. The molecule has 138 valence electrons. The third-order valence-electron chi connectivity index (χ3n) is 3.52. The topological polar surface area (TPSA) is 85.6 Å². The van der Waals surface area contributed by atoms with E-state index in [-0.39, 0.29) is 17.7 Å². The minimum Gasteiger partial charge on any atom is -0.300 e. The summed E-state index contributed by atoms with van der Waals surface area (Å²) in [6.45, 7) is 8.25. The molecule has 0 saturated heterocycles. The van der Waals surface area contributed by atoms with E-state index in [2.05, 4.69) is 62.5 Å². The van der Waals surface area contributed by atoms with Gasteiger partial charge in [-0.25, -0.2) is 0 Å². The van der Waals surface area contributed by atoms with Crippen molar-refractivity contribution in [1.82, 2.24) is 25.0 Å². The third kappa shape index (κ3) is 4.30. The molecule has 26 heavy (non-hydrogen) atoms. The molecule has 3 heterocycles. The van der Waals surface area contributed by atoms with E-state index in [9.17, 15) is 4.79 Å². The van der Waals surface area contributed by atoms with E-state index >= 15 is 0 Å². The maximum atomic E-state index is 12.2. The van der Waals surface area contributed by atoms with Crippen LogP contribution in [0.5, 0.6) is 0 Å². The van der Waals surface area contributed by atoms with E-state index in [0.29, 0.717) is 5.13 Å². The molecular weight excluding hydrogens is 388 g/mol. The summed E-state index contributed by atoms with van der Waals surface area (Å²) >= 11 is 4.46. The molecule has 0 bridgehead atoms. The first-order chi connectivity index (χ1) is 12.5. The van der Waals surface area contributed by atoms with Gasteiger partial charge >= 0.3 is 0 Å². The average Bonchev–Trinajstić information content (AvgIpc) is 3.31. The van der Waals surface area contributed by atoms with E-state index in [1.165, 1.54) is 28.0 Å². The standard InChI is InChI=1S/C16H20N6OS3/c1-5-13-18-20-15(26-13)17-12(23)8-25-16-21-19-14(22(16)9(2)3)11-6-10(4)24-7-11/h6-7,9H,5,8H2,1-4H3,(H,17,20,23). The maximum Gasteiger partial charge on any atom is 0.236 e. The highest BCUT2D eigenvalue weighted by atomic mass is 32.2. The second-order valence-electron chi connectivity index (χ2n) is 5.91. The van der Waals surface area contributed by atoms with Crippen LogP contribution in [-0.2, 0) is 11.2 Å². The number of aryl methyl sites for hydroxylation is 2. The van der Waals surface area contributed by atoms with E-state index in [0.717, 1.165) is 28.0 Å². The van der Waals surface area contributed by atoms with Crippen LogP contribution in [0, 0.1) is 6.92 Å². The molecule has 3 aromatic rings. The Hall–Kier alpha value is -1.78. The van der Waals surface area contributed by atoms with E-state index < -0.39 is 0 Å². The number of rotatable bonds is 7. The molecule has 3 aromatic heterocycles. The smallest absolute Gasteiger partial charge is 0.236 e. The number of thiophene rings is 1. The van der Waals surface area contributed by atoms with Crippen LogP contribution >= 0.6 is 34.4 Å². The van der Waals surface area contributed by atoms with Crippen LogP contribution in [0.1, 0.15) is 36.7 Å². The predicted molar refractivity (Wildman–Crippen MR) is 107 cm³/mol. The summed E-state index contributed by atoms with van der Waals surface area (Å²) in [6.07, 6.45) is 0.810. The average molecular weight is 409 g/mol. The van der Waals surface area contributed by atoms with Gasteiger partial charge in [0.2, 0.25) is 11.0 Å². The summed E-state index contributed by atoms with van der Waals surface area (Å²) < 4.78 is 2.07. The number of thioether (sulfide) groups is 1. The molecule has 0 aliphatic rings. The SMILES string of the molecule is CCc1nnc(NC(=O)CSc2nnc(-c3csc(C)c3)n2C(C)C)s1. The van der Waals surface area contributed by atoms with E-state index in [1.54, 1.807) is 11.3 Å². The van der Waals surface area contributed by atoms with Gasteiger partial charge in [-0.1, -0.05) is 30.0 Å². The normalized spacial score (nSPS) is 11.3. The molecule has 0 aromatic carbocycles. The second-order valence-corrected chi connectivity index (χ2v) is 9.03. The number of amides is 1. The number of aromatic nitrogens is 5. The van der Waals surface area contributed by atoms with Gasteiger partial charge in [-0.3, -0.25) is 14.7 Å². The number of nitrogens with one attached hydrogen (secondary N) is 1. The molecule has 1 N–H and O–H groups in total. The second kappa shape index (κ2) is 8.28. The van der Waals surface area contributed by atoms with Crippen LogP contribution in [0.25, 0.3) is 11.4 Å². The van der Waals surface area contributed by atoms with Crippen LogP contribution in [0.15, 0.2) is 16.6 Å². The van der Waals surface area contributed by atoms with Crippen molar-refractivity contribution in [3.05, 3.63) is 21.3 Å². The highest BCUT2D eigenvalue weighted by molar-refractivity contribution is 7.99. The molecule has 0 unspecified atom stereocenters. The number of hydrogen-bond donors (Lipinski definition) is 1. The molecule has 3 rings (SSSR count). The quantitative estimate of drug-likeness (QED) is 0.594. The number of carbonyl (C=O) groups excluding carboxylic acids is 1. The van der Waals surface area contributed by atoms with Gasteiger partial charge in [-0.2, -0.15) is 0 Å². The lowest BCUT2D eigenvalue weighted by atomic mass is 10.3. The van der Waals surface area contributed by atoms with Gasteiger partial charge in [0.05, 0.1) is 5.75 Å². The van der Waals surface area contributed by atoms with Gasteiger partial charge in [0.25, 0.3) is 0 Å². The molecule has 10 heteroatoms. The van der Waals surface area contributed by atoms with Gasteiger partial charge in [0.15, 0.2) is 11.0 Å². The molecule has 0 radical (unpaired) electrons. The molecule has 0 atom stereocenters. The van der Waals surface area contributed by atoms with Crippen LogP contribution < -0.4 is 5.32 Å². The number of nitrogens with zero attached hydrogens (tertiary/aromatic N) is 5. The number of carbonyl (C=O) groups is 1. The van der Waals surface area contributed by atoms with Gasteiger partial charge in [-0.15, -0.1) is 31.7 Å². The molecule has 0 aliphatic carbocycles. The fraction of sp³-hybridized carbons (Fsp3) is 0.438. The van der Waals surface area contributed by atoms with Crippen molar-refractivity contribution in [2.45, 2.75) is 45.3 Å². The zero-order valence-electron chi connectivity index (χ0n) is 15.0. The summed E-state index contributed by atoms with van der Waals surface area (Å²) in [5, 5.41) is 23.7. The van der Waals surface area contributed by atoms with E-state index in [4.69, 9.17) is 0 Å². The minimum atomic E-state index is -0.125. The van der Waals surface area contributed by atoms with Crippen LogP contribution in [-0.4, -0.2) is 36.6 Å². The highest BCUT2D eigenvalue weighted by Crippen LogP contribution is 2.30. The third-order valence-corrected chi connectivity index (χ3v) is 6.31. The maximum absolute atomic E-state index is 12.2. The molecule has 0 aliphatic heterocycles. The lowest BCUT2D eigenvalue weighted by Gasteiger charge is -2.12. The monoisotopic (exact) mass is 408 g/mol. The summed E-state index contributed by atoms with van der Waals surface area (Å²) in [5.41, 5.74) is 1.06. The first-order valence-corrected chi connectivity index (χ1v) is 10.9. The van der Waals surface area contributed by atoms with Crippen molar-refractivity contribution < 1.29 is 4.79 Å². The van der Waals surface area contributed by atoms with Crippen molar-refractivity contribution in [2.75, 3.05) is 11.1 Å². The van der Waals surface area contributed by atoms with E-state index in [1.807, 2.05) is 6.92 Å². The van der Waals surface area contributed by atoms with Gasteiger partial charge in [0.1, 0.15) is 5.01 Å². The summed E-state index contributed by atoms with van der Waals surface area (Å²) in [4.78, 5) is 13.4. The molecule has 7 nitrogen and oxygen atoms in total. The molecular formula is C16H20N6OS3. The molecule has 0 fully saturated rings. The fourth-order valence-electron chi connectivity index (χ4n) is 2.33. The highest BCUT2D eigenvalue weighted by Gasteiger charge is 2.19. The van der Waals surface area contributed by atoms with Crippen LogP contribution in [0.3, 0.4) is 0 Å². The first-order valence-electron chi connectivity index (χ1n) is 8.23. The Bertz CT molecular complexity index is 898. The summed E-state index contributed by atoms with van der Waals surface area (Å²) in [5.74, 6) is 0.957. The fourth-order valence-corrected chi connectivity index (χ4v) is 4.58. The van der Waals surface area contributed by atoms with Crippen molar-refractivity contribution in [1.29, 1.82) is 0 Å². The van der Waals surface area contributed by atoms with Gasteiger partial charge in [-0.05, 0) is 33.3 Å². The lowest BCUT2D eigenvalue weighted by molar-refractivity contribution is -0.113. The Morgan fingerprint density at radius 3 is 2.73 bits per heavy atom. The molecule has 0 spiro atoms. The van der Waals surface area contributed by atoms with Crippen LogP contribution in [0.2, 0.25) is 0 Å². The Balaban J connectivity index is 1.69. The molecule has 1 amide bonds. The Kier molecular flexibility index (Phi) is 6.05. The van der Waals surface area contributed by atoms with Crippen molar-refractivity contribution >= 4 is 45.5 Å². The lowest BCUT2D eigenvalue weighted by Crippen LogP contribution is -2.15. The van der Waals surface area contributed by atoms with Crippen molar-refractivity contribution in [3.8, 4) is 11.4 Å². The Morgan fingerprint density at radius 1 is 1.31 bits per heavy atom. The summed E-state index contributed by atoms with van der Waals surface area (Å²) in [7, 11) is 0.